The molecule has 63 heavy (non-hydrogen) atoms. The van der Waals surface area contributed by atoms with Crippen LogP contribution in [0.3, 0.4) is 0 Å². The van der Waals surface area contributed by atoms with E-state index < -0.39 is 38.6 Å². The summed E-state index contributed by atoms with van der Waals surface area (Å²) in [6, 6.07) is 0. The third-order valence-corrected chi connectivity index (χ3v) is 10.6. The maximum absolute atomic E-state index is 12.7. The van der Waals surface area contributed by atoms with Crippen LogP contribution in [0.5, 0.6) is 0 Å². The molecule has 0 fully saturated rings. The Bertz CT molecular complexity index is 1410. The molecule has 1 N–H and O–H groups in total. The second-order valence-electron chi connectivity index (χ2n) is 16.9. The van der Waals surface area contributed by atoms with E-state index in [9.17, 15) is 24.2 Å². The van der Waals surface area contributed by atoms with Gasteiger partial charge in [0.25, 0.3) is 7.82 Å². The number of hydrogen-bond acceptors (Lipinski definition) is 9. The molecule has 0 saturated heterocycles. The van der Waals surface area contributed by atoms with Crippen molar-refractivity contribution in [3.05, 3.63) is 97.2 Å². The molecule has 0 bridgehead atoms. The second-order valence-corrected chi connectivity index (χ2v) is 18.3. The first-order valence-corrected chi connectivity index (χ1v) is 25.5. The number of phosphoric acid groups is 1. The van der Waals surface area contributed by atoms with Crippen LogP contribution >= 0.6 is 7.82 Å². The van der Waals surface area contributed by atoms with Gasteiger partial charge in [-0.05, 0) is 77.0 Å². The fourth-order valence-corrected chi connectivity index (χ4v) is 6.64. The largest absolute Gasteiger partial charge is 0.756 e. The molecule has 0 amide bonds. The molecule has 0 saturated carbocycles. The number of nitrogens with zero attached hydrogens (tertiary/aromatic N) is 1. The molecule has 0 radical (unpaired) electrons. The predicted molar refractivity (Wildman–Crippen MR) is 260 cm³/mol. The van der Waals surface area contributed by atoms with Gasteiger partial charge in [-0.25, -0.2) is 0 Å². The van der Waals surface area contributed by atoms with E-state index in [2.05, 4.69) is 74.6 Å². The SMILES string of the molecule is CC/C=C\C/C=C\C/C=C\C/C=C\C=C/C(O)C/C=C\CCC(=O)OC[C@H](COP(=O)([O-])OCC[N+](C)(C)C)OC(=O)CCCCCCCCCCC/C=C\C/C=C\CCCCC. The summed E-state index contributed by atoms with van der Waals surface area (Å²) in [5.41, 5.74) is 0. The van der Waals surface area contributed by atoms with Crippen LogP contribution in [0.25, 0.3) is 0 Å². The highest BCUT2D eigenvalue weighted by atomic mass is 31.2. The minimum atomic E-state index is -4.68. The lowest BCUT2D eigenvalue weighted by Crippen LogP contribution is -2.37. The quantitative estimate of drug-likeness (QED) is 0.0159. The number of carbonyl (C=O) groups excluding carboxylic acids is 2. The zero-order chi connectivity index (χ0) is 46.5. The van der Waals surface area contributed by atoms with Gasteiger partial charge in [-0.2, -0.15) is 0 Å². The summed E-state index contributed by atoms with van der Waals surface area (Å²) in [7, 11) is 1.05. The van der Waals surface area contributed by atoms with Crippen LogP contribution in [0.1, 0.15) is 162 Å². The molecule has 2 unspecified atom stereocenters. The van der Waals surface area contributed by atoms with Crippen LogP contribution in [0.4, 0.5) is 0 Å². The number of aliphatic hydroxyl groups is 1. The minimum Gasteiger partial charge on any atom is -0.756 e. The van der Waals surface area contributed by atoms with Crippen molar-refractivity contribution in [3.63, 3.8) is 0 Å². The van der Waals surface area contributed by atoms with Gasteiger partial charge in [-0.15, -0.1) is 0 Å². The molecule has 0 aliphatic carbocycles. The molecule has 0 aromatic heterocycles. The molecular formula is C52H88NO9P. The molecule has 11 heteroatoms. The van der Waals surface area contributed by atoms with Crippen molar-refractivity contribution in [1.82, 2.24) is 0 Å². The average molecular weight is 902 g/mol. The molecule has 0 aliphatic heterocycles. The first-order valence-electron chi connectivity index (χ1n) is 24.1. The Hall–Kier alpha value is -3.11. The van der Waals surface area contributed by atoms with Gasteiger partial charge in [0.15, 0.2) is 6.10 Å². The van der Waals surface area contributed by atoms with Gasteiger partial charge in [0.1, 0.15) is 19.8 Å². The second kappa shape index (κ2) is 42.8. The fraction of sp³-hybridized carbons (Fsp3) is 0.654. The zero-order valence-electron chi connectivity index (χ0n) is 40.1. The third-order valence-electron chi connectivity index (χ3n) is 9.68. The molecule has 0 spiro atoms. The van der Waals surface area contributed by atoms with Gasteiger partial charge in [-0.1, -0.05) is 169 Å². The van der Waals surface area contributed by atoms with Crippen LogP contribution in [-0.4, -0.2) is 81.2 Å². The number of allylic oxidation sites excluding steroid dienone is 14. The summed E-state index contributed by atoms with van der Waals surface area (Å²) >= 11 is 0. The van der Waals surface area contributed by atoms with E-state index in [-0.39, 0.29) is 26.1 Å². The normalized spacial score (nSPS) is 14.8. The summed E-state index contributed by atoms with van der Waals surface area (Å²) in [5, 5.41) is 10.2. The molecule has 0 heterocycles. The summed E-state index contributed by atoms with van der Waals surface area (Å²) in [4.78, 5) is 37.6. The highest BCUT2D eigenvalue weighted by molar-refractivity contribution is 7.45. The molecule has 3 atom stereocenters. The standard InChI is InChI=1S/C52H88NO9P/c1-6-8-10-12-14-16-18-20-21-22-23-24-25-27-29-31-33-35-39-44-52(56)62-50(48-61-63(57,58)60-46-45-53(3,4)5)47-59-51(55)43-40-36-38-42-49(54)41-37-34-32-30-28-26-19-17-15-13-11-9-7-2/h9,11,14-17,20-21,26,28,32,34,36-38,41,49-50,54H,6-8,10,12-13,18-19,22-25,27,29-31,33,35,39-40,42-48H2,1-5H3/b11-9-,16-14-,17-15-,21-20-,28-26-,34-32-,38-36-,41-37-/t49?,50-/m1/s1. The van der Waals surface area contributed by atoms with Crippen molar-refractivity contribution in [1.29, 1.82) is 0 Å². The van der Waals surface area contributed by atoms with Crippen LogP contribution < -0.4 is 4.89 Å². The Balaban J connectivity index is 4.52. The van der Waals surface area contributed by atoms with Crippen molar-refractivity contribution in [2.45, 2.75) is 174 Å². The maximum atomic E-state index is 12.7. The number of likely N-dealkylation sites (N-methyl/N-ethyl adjacent to an activating group) is 1. The molecule has 360 valence electrons. The Kier molecular flexibility index (Phi) is 40.7. The van der Waals surface area contributed by atoms with Crippen molar-refractivity contribution < 1.29 is 47.2 Å². The van der Waals surface area contributed by atoms with Gasteiger partial charge in [0, 0.05) is 12.8 Å². The van der Waals surface area contributed by atoms with E-state index in [1.165, 1.54) is 57.8 Å². The highest BCUT2D eigenvalue weighted by Gasteiger charge is 2.21. The number of rotatable bonds is 42. The van der Waals surface area contributed by atoms with Crippen molar-refractivity contribution in [2.75, 3.05) is 47.5 Å². The van der Waals surface area contributed by atoms with E-state index in [4.69, 9.17) is 18.5 Å². The Morgan fingerprint density at radius 2 is 1.14 bits per heavy atom. The molecule has 10 nitrogen and oxygen atoms in total. The smallest absolute Gasteiger partial charge is 0.306 e. The van der Waals surface area contributed by atoms with Crippen LogP contribution in [0, 0.1) is 0 Å². The number of phosphoric ester groups is 1. The first kappa shape index (κ1) is 59.9. The number of esters is 2. The first-order chi connectivity index (χ1) is 30.4. The number of ether oxygens (including phenoxy) is 2. The Morgan fingerprint density at radius 3 is 1.75 bits per heavy atom. The molecule has 0 aliphatic rings. The molecule has 0 aromatic rings. The van der Waals surface area contributed by atoms with E-state index in [1.54, 1.807) is 18.2 Å². The van der Waals surface area contributed by atoms with E-state index in [0.29, 0.717) is 30.3 Å². The van der Waals surface area contributed by atoms with Gasteiger partial charge in [0.05, 0.1) is 33.9 Å². The zero-order valence-corrected chi connectivity index (χ0v) is 41.0. The average Bonchev–Trinajstić information content (AvgIpc) is 3.23. The summed E-state index contributed by atoms with van der Waals surface area (Å²) in [5.74, 6) is -1.03. The number of aliphatic hydroxyl groups excluding tert-OH is 1. The van der Waals surface area contributed by atoms with Gasteiger partial charge in [-0.3, -0.25) is 14.2 Å². The van der Waals surface area contributed by atoms with Crippen molar-refractivity contribution in [3.8, 4) is 0 Å². The maximum Gasteiger partial charge on any atom is 0.306 e. The molecular weight excluding hydrogens is 814 g/mol. The fourth-order valence-electron chi connectivity index (χ4n) is 5.91. The van der Waals surface area contributed by atoms with Crippen molar-refractivity contribution >= 4 is 19.8 Å². The highest BCUT2D eigenvalue weighted by Crippen LogP contribution is 2.38. The van der Waals surface area contributed by atoms with E-state index in [0.717, 1.165) is 57.8 Å². The lowest BCUT2D eigenvalue weighted by atomic mass is 10.1. The number of carbonyl (C=O) groups is 2. The third kappa shape index (κ3) is 46.7. The van der Waals surface area contributed by atoms with Crippen molar-refractivity contribution in [2.24, 2.45) is 0 Å². The predicted octanol–water partition coefficient (Wildman–Crippen LogP) is 12.5. The van der Waals surface area contributed by atoms with Crippen LogP contribution in [0.15, 0.2) is 97.2 Å². The van der Waals surface area contributed by atoms with Crippen LogP contribution in [-0.2, 0) is 32.7 Å². The minimum absolute atomic E-state index is 0.0643. The number of quaternary nitrogens is 1. The lowest BCUT2D eigenvalue weighted by molar-refractivity contribution is -0.870. The topological polar surface area (TPSA) is 131 Å². The lowest BCUT2D eigenvalue weighted by Gasteiger charge is -2.28. The number of hydrogen-bond donors (Lipinski definition) is 1. The molecule has 0 aromatic carbocycles. The van der Waals surface area contributed by atoms with Gasteiger partial charge in [0.2, 0.25) is 0 Å². The number of unbranched alkanes of at least 4 members (excludes halogenated alkanes) is 12. The van der Waals surface area contributed by atoms with Crippen LogP contribution in [0.2, 0.25) is 0 Å². The monoisotopic (exact) mass is 902 g/mol. The van der Waals surface area contributed by atoms with Gasteiger partial charge < -0.3 is 33.0 Å². The van der Waals surface area contributed by atoms with Gasteiger partial charge >= 0.3 is 11.9 Å². The van der Waals surface area contributed by atoms with E-state index >= 15 is 0 Å². The molecule has 0 rings (SSSR count). The summed E-state index contributed by atoms with van der Waals surface area (Å²) in [6.45, 7) is 3.87. The summed E-state index contributed by atoms with van der Waals surface area (Å²) in [6.07, 6.45) is 53.2. The Morgan fingerprint density at radius 1 is 0.603 bits per heavy atom. The Labute approximate surface area is 384 Å². The van der Waals surface area contributed by atoms with E-state index in [1.807, 2.05) is 39.4 Å². The summed E-state index contributed by atoms with van der Waals surface area (Å²) < 4.78 is 33.8.